The number of para-hydroxylation sites is 1. The second-order valence-corrected chi connectivity index (χ2v) is 4.19. The van der Waals surface area contributed by atoms with Crippen LogP contribution in [0.5, 0.6) is 11.5 Å². The first kappa shape index (κ1) is 14.4. The van der Waals surface area contributed by atoms with Gasteiger partial charge in [-0.1, -0.05) is 6.07 Å². The Balaban J connectivity index is 2.47. The number of methoxy groups -OCH3 is 2. The standard InChI is InChI=1S/C14H15N3O4/c1-20-9-6-7-13(21-2)12(8-9)16-11-5-3-4-10(15)14(11)17(18)19/h3-8,16H,15H2,1-2H3. The summed E-state index contributed by atoms with van der Waals surface area (Å²) in [5.74, 6) is 1.14. The van der Waals surface area contributed by atoms with Crippen LogP contribution in [0.2, 0.25) is 0 Å². The zero-order valence-electron chi connectivity index (χ0n) is 11.6. The Labute approximate surface area is 121 Å². The number of nitrogen functional groups attached to an aromatic ring is 1. The Bertz CT molecular complexity index is 673. The van der Waals surface area contributed by atoms with Gasteiger partial charge in [0.15, 0.2) is 0 Å². The number of hydrogen-bond donors (Lipinski definition) is 2. The van der Waals surface area contributed by atoms with Crippen LogP contribution in [0.1, 0.15) is 0 Å². The highest BCUT2D eigenvalue weighted by atomic mass is 16.6. The highest BCUT2D eigenvalue weighted by molar-refractivity contribution is 5.80. The minimum absolute atomic E-state index is 0.0897. The molecule has 0 aliphatic rings. The van der Waals surface area contributed by atoms with E-state index < -0.39 is 4.92 Å². The fraction of sp³-hybridized carbons (Fsp3) is 0.143. The monoisotopic (exact) mass is 289 g/mol. The zero-order valence-corrected chi connectivity index (χ0v) is 11.6. The van der Waals surface area contributed by atoms with Crippen LogP contribution in [0.4, 0.5) is 22.7 Å². The number of ether oxygens (including phenoxy) is 2. The second-order valence-electron chi connectivity index (χ2n) is 4.19. The molecular weight excluding hydrogens is 274 g/mol. The number of rotatable bonds is 5. The lowest BCUT2D eigenvalue weighted by Crippen LogP contribution is -2.02. The van der Waals surface area contributed by atoms with E-state index in [1.165, 1.54) is 20.3 Å². The number of nitro benzene ring substituents is 1. The quantitative estimate of drug-likeness (QED) is 0.498. The Hall–Kier alpha value is -2.96. The minimum Gasteiger partial charge on any atom is -0.497 e. The number of anilines is 3. The van der Waals surface area contributed by atoms with E-state index in [9.17, 15) is 10.1 Å². The molecule has 0 aromatic heterocycles. The van der Waals surface area contributed by atoms with Gasteiger partial charge in [-0.3, -0.25) is 10.1 Å². The predicted octanol–water partition coefficient (Wildman–Crippen LogP) is 2.94. The molecule has 0 saturated carbocycles. The van der Waals surface area contributed by atoms with Gasteiger partial charge in [0, 0.05) is 6.07 Å². The van der Waals surface area contributed by atoms with Crippen molar-refractivity contribution >= 4 is 22.7 Å². The van der Waals surface area contributed by atoms with Crippen LogP contribution in [0, 0.1) is 10.1 Å². The molecule has 0 bridgehead atoms. The summed E-state index contributed by atoms with van der Waals surface area (Å²) in [5, 5.41) is 14.1. The van der Waals surface area contributed by atoms with Crippen LogP contribution in [0.15, 0.2) is 36.4 Å². The molecule has 0 aliphatic heterocycles. The number of nitrogens with zero attached hydrogens (tertiary/aromatic N) is 1. The van der Waals surface area contributed by atoms with Crippen molar-refractivity contribution in [3.05, 3.63) is 46.5 Å². The molecule has 3 N–H and O–H groups in total. The van der Waals surface area contributed by atoms with Crippen molar-refractivity contribution in [2.75, 3.05) is 25.3 Å². The largest absolute Gasteiger partial charge is 0.497 e. The lowest BCUT2D eigenvalue weighted by Gasteiger charge is -2.13. The molecule has 7 nitrogen and oxygen atoms in total. The third kappa shape index (κ3) is 2.97. The summed E-state index contributed by atoms with van der Waals surface area (Å²) in [7, 11) is 3.05. The first-order valence-corrected chi connectivity index (χ1v) is 6.08. The van der Waals surface area contributed by atoms with Gasteiger partial charge in [0.25, 0.3) is 0 Å². The van der Waals surface area contributed by atoms with Crippen LogP contribution in [-0.2, 0) is 0 Å². The minimum atomic E-state index is -0.523. The van der Waals surface area contributed by atoms with Crippen LogP contribution < -0.4 is 20.5 Å². The molecule has 0 fully saturated rings. The van der Waals surface area contributed by atoms with E-state index in [4.69, 9.17) is 15.2 Å². The number of nitrogens with two attached hydrogens (primary N) is 1. The molecule has 0 atom stereocenters. The van der Waals surface area contributed by atoms with Gasteiger partial charge in [0.1, 0.15) is 22.9 Å². The molecule has 0 amide bonds. The molecule has 0 unspecified atom stereocenters. The molecule has 0 heterocycles. The Morgan fingerprint density at radius 2 is 1.90 bits per heavy atom. The molecular formula is C14H15N3O4. The average molecular weight is 289 g/mol. The second kappa shape index (κ2) is 6.00. The molecule has 2 aromatic carbocycles. The Morgan fingerprint density at radius 1 is 1.14 bits per heavy atom. The third-order valence-electron chi connectivity index (χ3n) is 2.93. The summed E-state index contributed by atoms with van der Waals surface area (Å²) >= 11 is 0. The summed E-state index contributed by atoms with van der Waals surface area (Å²) in [6.45, 7) is 0. The fourth-order valence-electron chi connectivity index (χ4n) is 1.92. The van der Waals surface area contributed by atoms with E-state index >= 15 is 0 Å². The van der Waals surface area contributed by atoms with Gasteiger partial charge in [-0.15, -0.1) is 0 Å². The van der Waals surface area contributed by atoms with Gasteiger partial charge in [-0.25, -0.2) is 0 Å². The van der Waals surface area contributed by atoms with E-state index in [-0.39, 0.29) is 17.1 Å². The van der Waals surface area contributed by atoms with Crippen LogP contribution in [0.3, 0.4) is 0 Å². The molecule has 0 radical (unpaired) electrons. The molecule has 2 aromatic rings. The molecule has 0 saturated heterocycles. The Morgan fingerprint density at radius 3 is 2.52 bits per heavy atom. The van der Waals surface area contributed by atoms with Gasteiger partial charge >= 0.3 is 5.69 Å². The van der Waals surface area contributed by atoms with Gasteiger partial charge in [0.05, 0.1) is 24.8 Å². The highest BCUT2D eigenvalue weighted by Crippen LogP contribution is 2.37. The average Bonchev–Trinajstić information content (AvgIpc) is 2.46. The first-order valence-electron chi connectivity index (χ1n) is 6.08. The summed E-state index contributed by atoms with van der Waals surface area (Å²) < 4.78 is 10.4. The van der Waals surface area contributed by atoms with Gasteiger partial charge in [0.2, 0.25) is 0 Å². The predicted molar refractivity (Wildman–Crippen MR) is 80.3 cm³/mol. The molecule has 21 heavy (non-hydrogen) atoms. The smallest absolute Gasteiger partial charge is 0.315 e. The van der Waals surface area contributed by atoms with Crippen molar-refractivity contribution in [3.8, 4) is 11.5 Å². The van der Waals surface area contributed by atoms with Crippen LogP contribution in [0.25, 0.3) is 0 Å². The number of nitro groups is 1. The molecule has 0 aliphatic carbocycles. The molecule has 2 rings (SSSR count). The molecule has 0 spiro atoms. The van der Waals surface area contributed by atoms with E-state index in [0.29, 0.717) is 17.2 Å². The van der Waals surface area contributed by atoms with Gasteiger partial charge in [-0.05, 0) is 24.3 Å². The van der Waals surface area contributed by atoms with E-state index in [0.717, 1.165) is 0 Å². The normalized spacial score (nSPS) is 10.0. The molecule has 7 heteroatoms. The SMILES string of the molecule is COc1ccc(OC)c(Nc2cccc(N)c2[N+](=O)[O-])c1. The van der Waals surface area contributed by atoms with Crippen molar-refractivity contribution in [1.82, 2.24) is 0 Å². The van der Waals surface area contributed by atoms with Crippen molar-refractivity contribution in [2.24, 2.45) is 0 Å². The maximum Gasteiger partial charge on any atom is 0.315 e. The first-order chi connectivity index (χ1) is 10.1. The lowest BCUT2D eigenvalue weighted by atomic mass is 10.2. The topological polar surface area (TPSA) is 99.7 Å². The summed E-state index contributed by atoms with van der Waals surface area (Å²) in [6.07, 6.45) is 0. The van der Waals surface area contributed by atoms with Crippen molar-refractivity contribution in [3.63, 3.8) is 0 Å². The third-order valence-corrected chi connectivity index (χ3v) is 2.93. The number of benzene rings is 2. The van der Waals surface area contributed by atoms with Crippen LogP contribution in [-0.4, -0.2) is 19.1 Å². The van der Waals surface area contributed by atoms with Crippen molar-refractivity contribution in [1.29, 1.82) is 0 Å². The van der Waals surface area contributed by atoms with Crippen molar-refractivity contribution in [2.45, 2.75) is 0 Å². The lowest BCUT2D eigenvalue weighted by molar-refractivity contribution is -0.383. The van der Waals surface area contributed by atoms with Crippen molar-refractivity contribution < 1.29 is 14.4 Å². The number of hydrogen-bond acceptors (Lipinski definition) is 6. The Kier molecular flexibility index (Phi) is 4.13. The van der Waals surface area contributed by atoms with E-state index in [1.807, 2.05) is 0 Å². The maximum atomic E-state index is 11.1. The summed E-state index contributed by atoms with van der Waals surface area (Å²) in [6, 6.07) is 9.82. The van der Waals surface area contributed by atoms with Gasteiger partial charge < -0.3 is 20.5 Å². The summed E-state index contributed by atoms with van der Waals surface area (Å²) in [5.41, 5.74) is 6.41. The van der Waals surface area contributed by atoms with Crippen LogP contribution >= 0.6 is 0 Å². The van der Waals surface area contributed by atoms with E-state index in [1.54, 1.807) is 30.3 Å². The fourth-order valence-corrected chi connectivity index (χ4v) is 1.92. The zero-order chi connectivity index (χ0) is 15.4. The summed E-state index contributed by atoms with van der Waals surface area (Å²) in [4.78, 5) is 10.6. The molecule has 110 valence electrons. The van der Waals surface area contributed by atoms with Gasteiger partial charge in [-0.2, -0.15) is 0 Å². The maximum absolute atomic E-state index is 11.1. The highest BCUT2D eigenvalue weighted by Gasteiger charge is 2.19. The van der Waals surface area contributed by atoms with E-state index in [2.05, 4.69) is 5.32 Å². The number of nitrogens with one attached hydrogen (secondary N) is 1.